The van der Waals surface area contributed by atoms with Crippen molar-refractivity contribution in [2.75, 3.05) is 5.32 Å². The standard InChI is InChI=1S/C17H17IN2O3S/c1-11-10-13(18)4-9-16(11)19-17(21)12-2-7-15(8-3-12)24(22,23)20-14-5-6-14/h2-4,7-10,14,20H,5-6H2,1H3,(H,19,21). The highest BCUT2D eigenvalue weighted by Gasteiger charge is 2.27. The number of carbonyl (C=O) groups excluding carboxylic acids is 1. The van der Waals surface area contributed by atoms with Crippen LogP contribution in [0.2, 0.25) is 0 Å². The number of benzene rings is 2. The summed E-state index contributed by atoms with van der Waals surface area (Å²) < 4.78 is 28.0. The first-order valence-electron chi connectivity index (χ1n) is 7.55. The third-order valence-electron chi connectivity index (χ3n) is 3.76. The first-order chi connectivity index (χ1) is 11.3. The van der Waals surface area contributed by atoms with Crippen LogP contribution in [0.4, 0.5) is 5.69 Å². The van der Waals surface area contributed by atoms with Crippen LogP contribution in [-0.2, 0) is 10.0 Å². The topological polar surface area (TPSA) is 75.3 Å². The lowest BCUT2D eigenvalue weighted by Crippen LogP contribution is -2.25. The van der Waals surface area contributed by atoms with Gasteiger partial charge in [-0.3, -0.25) is 4.79 Å². The Morgan fingerprint density at radius 1 is 1.12 bits per heavy atom. The molecule has 2 aromatic rings. The molecule has 1 saturated carbocycles. The Morgan fingerprint density at radius 3 is 2.38 bits per heavy atom. The number of rotatable bonds is 5. The van der Waals surface area contributed by atoms with E-state index in [0.717, 1.165) is 27.7 Å². The number of carbonyl (C=O) groups is 1. The number of nitrogens with one attached hydrogen (secondary N) is 2. The lowest BCUT2D eigenvalue weighted by atomic mass is 10.1. The molecule has 0 aliphatic heterocycles. The Hall–Kier alpha value is -1.45. The first-order valence-corrected chi connectivity index (χ1v) is 10.1. The van der Waals surface area contributed by atoms with Crippen LogP contribution in [0.15, 0.2) is 47.4 Å². The largest absolute Gasteiger partial charge is 0.322 e. The summed E-state index contributed by atoms with van der Waals surface area (Å²) in [6.07, 6.45) is 1.77. The minimum atomic E-state index is -3.49. The SMILES string of the molecule is Cc1cc(I)ccc1NC(=O)c1ccc(S(=O)(=O)NC2CC2)cc1. The first kappa shape index (κ1) is 17.4. The molecule has 1 fully saturated rings. The molecule has 5 nitrogen and oxygen atoms in total. The van der Waals surface area contributed by atoms with Crippen molar-refractivity contribution in [2.24, 2.45) is 0 Å². The summed E-state index contributed by atoms with van der Waals surface area (Å²) in [5.41, 5.74) is 2.13. The van der Waals surface area contributed by atoms with Gasteiger partial charge in [-0.05, 0) is 90.4 Å². The van der Waals surface area contributed by atoms with Crippen molar-refractivity contribution in [2.45, 2.75) is 30.7 Å². The van der Waals surface area contributed by atoms with Gasteiger partial charge in [0.1, 0.15) is 0 Å². The molecule has 0 heterocycles. The van der Waals surface area contributed by atoms with Crippen LogP contribution < -0.4 is 10.0 Å². The molecule has 24 heavy (non-hydrogen) atoms. The normalized spacial score (nSPS) is 14.4. The molecule has 0 spiro atoms. The number of hydrogen-bond donors (Lipinski definition) is 2. The third kappa shape index (κ3) is 4.14. The van der Waals surface area contributed by atoms with E-state index in [2.05, 4.69) is 32.6 Å². The van der Waals surface area contributed by atoms with Crippen molar-refractivity contribution >= 4 is 44.2 Å². The van der Waals surface area contributed by atoms with E-state index in [1.807, 2.05) is 25.1 Å². The van der Waals surface area contributed by atoms with E-state index in [9.17, 15) is 13.2 Å². The molecule has 1 aliphatic carbocycles. The molecule has 1 aliphatic rings. The van der Waals surface area contributed by atoms with Crippen LogP contribution in [0.1, 0.15) is 28.8 Å². The van der Waals surface area contributed by atoms with E-state index in [1.54, 1.807) is 0 Å². The van der Waals surface area contributed by atoms with Crippen molar-refractivity contribution in [1.82, 2.24) is 4.72 Å². The highest BCUT2D eigenvalue weighted by atomic mass is 127. The molecule has 0 atom stereocenters. The molecule has 1 amide bonds. The molecule has 0 radical (unpaired) electrons. The number of hydrogen-bond acceptors (Lipinski definition) is 3. The monoisotopic (exact) mass is 456 g/mol. The maximum absolute atomic E-state index is 12.3. The average molecular weight is 456 g/mol. The van der Waals surface area contributed by atoms with Gasteiger partial charge in [0.15, 0.2) is 0 Å². The summed E-state index contributed by atoms with van der Waals surface area (Å²) in [5.74, 6) is -0.265. The van der Waals surface area contributed by atoms with Crippen molar-refractivity contribution < 1.29 is 13.2 Å². The van der Waals surface area contributed by atoms with Gasteiger partial charge in [0.2, 0.25) is 10.0 Å². The van der Waals surface area contributed by atoms with Crippen molar-refractivity contribution in [3.8, 4) is 0 Å². The van der Waals surface area contributed by atoms with Crippen LogP contribution in [0.25, 0.3) is 0 Å². The highest BCUT2D eigenvalue weighted by Crippen LogP contribution is 2.23. The number of anilines is 1. The zero-order valence-corrected chi connectivity index (χ0v) is 16.0. The van der Waals surface area contributed by atoms with Crippen LogP contribution in [0.3, 0.4) is 0 Å². The second-order valence-corrected chi connectivity index (χ2v) is 8.79. The minimum absolute atomic E-state index is 0.0572. The molecule has 2 N–H and O–H groups in total. The number of amides is 1. The molecule has 2 aromatic carbocycles. The predicted octanol–water partition coefficient (Wildman–Crippen LogP) is 3.29. The quantitative estimate of drug-likeness (QED) is 0.679. The lowest BCUT2D eigenvalue weighted by molar-refractivity contribution is 0.102. The van der Waals surface area contributed by atoms with E-state index < -0.39 is 10.0 Å². The number of sulfonamides is 1. The summed E-state index contributed by atoms with van der Waals surface area (Å²) in [5, 5.41) is 2.85. The maximum atomic E-state index is 12.3. The average Bonchev–Trinajstić information content (AvgIpc) is 3.33. The summed E-state index contributed by atoms with van der Waals surface area (Å²) in [6.45, 7) is 1.93. The molecule has 3 rings (SSSR count). The van der Waals surface area contributed by atoms with E-state index in [-0.39, 0.29) is 16.8 Å². The Kier molecular flexibility index (Phi) is 4.93. The molecule has 0 unspecified atom stereocenters. The second kappa shape index (κ2) is 6.81. The fourth-order valence-electron chi connectivity index (χ4n) is 2.24. The van der Waals surface area contributed by atoms with Gasteiger partial charge in [0.05, 0.1) is 4.90 Å². The molecule has 126 valence electrons. The van der Waals surface area contributed by atoms with Gasteiger partial charge in [-0.25, -0.2) is 13.1 Å². The van der Waals surface area contributed by atoms with Crippen molar-refractivity contribution in [1.29, 1.82) is 0 Å². The van der Waals surface area contributed by atoms with Gasteiger partial charge in [-0.1, -0.05) is 0 Å². The Morgan fingerprint density at radius 2 is 1.79 bits per heavy atom. The van der Waals surface area contributed by atoms with Gasteiger partial charge < -0.3 is 5.32 Å². The molecule has 0 aromatic heterocycles. The summed E-state index contributed by atoms with van der Waals surface area (Å²) in [4.78, 5) is 12.5. The van der Waals surface area contributed by atoms with Crippen LogP contribution in [0, 0.1) is 10.5 Å². The van der Waals surface area contributed by atoms with Crippen LogP contribution in [0.5, 0.6) is 0 Å². The number of halogens is 1. The fraction of sp³-hybridized carbons (Fsp3) is 0.235. The zero-order chi connectivity index (χ0) is 17.3. The van der Waals surface area contributed by atoms with E-state index in [4.69, 9.17) is 0 Å². The highest BCUT2D eigenvalue weighted by molar-refractivity contribution is 14.1. The van der Waals surface area contributed by atoms with E-state index in [0.29, 0.717) is 5.56 Å². The minimum Gasteiger partial charge on any atom is -0.322 e. The fourth-order valence-corrected chi connectivity index (χ4v) is 4.19. The zero-order valence-electron chi connectivity index (χ0n) is 13.0. The lowest BCUT2D eigenvalue weighted by Gasteiger charge is -2.10. The maximum Gasteiger partial charge on any atom is 0.255 e. The molecular formula is C17H17IN2O3S. The van der Waals surface area contributed by atoms with Gasteiger partial charge in [0.25, 0.3) is 5.91 Å². The van der Waals surface area contributed by atoms with Crippen molar-refractivity contribution in [3.05, 3.63) is 57.2 Å². The Bertz CT molecular complexity index is 875. The van der Waals surface area contributed by atoms with Gasteiger partial charge in [-0.15, -0.1) is 0 Å². The van der Waals surface area contributed by atoms with E-state index >= 15 is 0 Å². The smallest absolute Gasteiger partial charge is 0.255 e. The van der Waals surface area contributed by atoms with Crippen LogP contribution in [-0.4, -0.2) is 20.4 Å². The molecule has 0 bridgehead atoms. The van der Waals surface area contributed by atoms with Crippen molar-refractivity contribution in [3.63, 3.8) is 0 Å². The second-order valence-electron chi connectivity index (χ2n) is 5.83. The summed E-state index contributed by atoms with van der Waals surface area (Å²) >= 11 is 2.22. The third-order valence-corrected chi connectivity index (χ3v) is 5.97. The van der Waals surface area contributed by atoms with Gasteiger partial charge in [0, 0.05) is 20.9 Å². The Labute approximate surface area is 155 Å². The van der Waals surface area contributed by atoms with Gasteiger partial charge in [-0.2, -0.15) is 0 Å². The van der Waals surface area contributed by atoms with Crippen LogP contribution >= 0.6 is 22.6 Å². The molecular weight excluding hydrogens is 439 g/mol. The molecule has 7 heteroatoms. The summed E-state index contributed by atoms with van der Waals surface area (Å²) in [7, 11) is -3.49. The Balaban J connectivity index is 1.73. The molecule has 0 saturated heterocycles. The summed E-state index contributed by atoms with van der Waals surface area (Å²) in [6, 6.07) is 11.8. The number of aryl methyl sites for hydroxylation is 1. The van der Waals surface area contributed by atoms with Gasteiger partial charge >= 0.3 is 0 Å². The predicted molar refractivity (Wildman–Crippen MR) is 102 cm³/mol. The van der Waals surface area contributed by atoms with E-state index in [1.165, 1.54) is 24.3 Å².